The number of hydrogen-bond donors (Lipinski definition) is 1. The highest BCUT2D eigenvalue weighted by atomic mass is 35.5. The van der Waals surface area contributed by atoms with E-state index in [9.17, 15) is 4.79 Å². The van der Waals surface area contributed by atoms with Gasteiger partial charge in [0.15, 0.2) is 5.82 Å². The van der Waals surface area contributed by atoms with Crippen LogP contribution in [0.25, 0.3) is 0 Å². The number of hydrogen-bond acceptors (Lipinski definition) is 7. The third-order valence-corrected chi connectivity index (χ3v) is 9.49. The van der Waals surface area contributed by atoms with Gasteiger partial charge >= 0.3 is 0 Å². The molecule has 202 valence electrons. The SMILES string of the molecule is C[Si](C)(C)CCOCn1ccc(Nc2cncc(CN3C[C@@H]4C[C@H]3CN4C(=O)c3cccc(Cl)c3Cl)n2)n1. The summed E-state index contributed by atoms with van der Waals surface area (Å²) in [5.41, 5.74) is 1.33. The lowest BCUT2D eigenvalue weighted by molar-refractivity contribution is 0.0614. The van der Waals surface area contributed by atoms with E-state index in [1.165, 1.54) is 0 Å². The standard InChI is InChI=1S/C26H33Cl2N7O2Si/c1-38(2,3)10-9-37-17-34-8-7-23(32-34)31-24-13-29-12-18(30-24)14-33-15-20-11-19(33)16-35(20)26(36)21-5-4-6-22(27)25(21)28/h4-8,12-13,19-20H,9-11,14-17H2,1-3H3,(H,30,31,32)/t19-,20-/m0/s1. The highest BCUT2D eigenvalue weighted by molar-refractivity contribution is 6.76. The lowest BCUT2D eigenvalue weighted by Crippen LogP contribution is -2.48. The number of nitrogens with zero attached hydrogens (tertiary/aromatic N) is 6. The molecule has 0 unspecified atom stereocenters. The summed E-state index contributed by atoms with van der Waals surface area (Å²) in [5, 5.41) is 8.48. The molecule has 2 aliphatic rings. The van der Waals surface area contributed by atoms with Gasteiger partial charge in [-0.25, -0.2) is 9.67 Å². The van der Waals surface area contributed by atoms with Crippen molar-refractivity contribution in [2.24, 2.45) is 0 Å². The van der Waals surface area contributed by atoms with Crippen LogP contribution in [-0.2, 0) is 18.0 Å². The average Bonchev–Trinajstić information content (AvgIpc) is 3.59. The number of carbonyl (C=O) groups is 1. The monoisotopic (exact) mass is 573 g/mol. The van der Waals surface area contributed by atoms with Gasteiger partial charge in [0.1, 0.15) is 12.5 Å². The second-order valence-electron chi connectivity index (χ2n) is 11.1. The van der Waals surface area contributed by atoms with Gasteiger partial charge in [-0.15, -0.1) is 0 Å². The molecule has 0 saturated carbocycles. The number of benzene rings is 1. The smallest absolute Gasteiger partial charge is 0.255 e. The van der Waals surface area contributed by atoms with E-state index in [4.69, 9.17) is 32.9 Å². The van der Waals surface area contributed by atoms with Crippen LogP contribution >= 0.6 is 23.2 Å². The fourth-order valence-corrected chi connectivity index (χ4v) is 6.07. The highest BCUT2D eigenvalue weighted by Gasteiger charge is 2.45. The summed E-state index contributed by atoms with van der Waals surface area (Å²) < 4.78 is 7.54. The van der Waals surface area contributed by atoms with Crippen LogP contribution in [0.5, 0.6) is 0 Å². The number of aromatic nitrogens is 4. The van der Waals surface area contributed by atoms with E-state index in [2.05, 4.69) is 39.9 Å². The summed E-state index contributed by atoms with van der Waals surface area (Å²) in [5.74, 6) is 1.28. The van der Waals surface area contributed by atoms with Crippen molar-refractivity contribution in [3.05, 3.63) is 64.2 Å². The molecule has 2 aromatic heterocycles. The number of fused-ring (bicyclic) bond motifs is 2. The van der Waals surface area contributed by atoms with Gasteiger partial charge in [0, 0.05) is 64.9 Å². The zero-order valence-electron chi connectivity index (χ0n) is 21.9. The molecule has 5 rings (SSSR count). The highest BCUT2D eigenvalue weighted by Crippen LogP contribution is 2.35. The minimum atomic E-state index is -1.10. The van der Waals surface area contributed by atoms with Crippen molar-refractivity contribution < 1.29 is 9.53 Å². The number of carbonyl (C=O) groups excluding carboxylic acids is 1. The number of likely N-dealkylation sites (tertiary alicyclic amines) is 2. The Balaban J connectivity index is 1.14. The zero-order chi connectivity index (χ0) is 26.9. The maximum Gasteiger partial charge on any atom is 0.255 e. The average molecular weight is 575 g/mol. The van der Waals surface area contributed by atoms with Gasteiger partial charge in [-0.05, 0) is 24.6 Å². The van der Waals surface area contributed by atoms with Gasteiger partial charge in [-0.1, -0.05) is 48.9 Å². The number of ether oxygens (including phenoxy) is 1. The zero-order valence-corrected chi connectivity index (χ0v) is 24.4. The molecule has 0 radical (unpaired) electrons. The van der Waals surface area contributed by atoms with Crippen molar-refractivity contribution in [3.8, 4) is 0 Å². The van der Waals surface area contributed by atoms with Crippen LogP contribution in [0.1, 0.15) is 22.5 Å². The predicted molar refractivity (Wildman–Crippen MR) is 152 cm³/mol. The Morgan fingerprint density at radius 2 is 1.97 bits per heavy atom. The molecule has 0 aliphatic carbocycles. The van der Waals surface area contributed by atoms with Crippen molar-refractivity contribution in [1.82, 2.24) is 29.5 Å². The molecule has 2 fully saturated rings. The molecule has 4 heterocycles. The van der Waals surface area contributed by atoms with Crippen LogP contribution in [0, 0.1) is 0 Å². The van der Waals surface area contributed by atoms with E-state index >= 15 is 0 Å². The summed E-state index contributed by atoms with van der Waals surface area (Å²) in [6.45, 7) is 10.3. The van der Waals surface area contributed by atoms with E-state index < -0.39 is 8.07 Å². The van der Waals surface area contributed by atoms with E-state index in [0.29, 0.717) is 47.1 Å². The Hall–Kier alpha value is -2.50. The van der Waals surface area contributed by atoms with Crippen LogP contribution in [0.15, 0.2) is 42.9 Å². The Morgan fingerprint density at radius 3 is 2.74 bits per heavy atom. The Labute approximate surface area is 234 Å². The molecule has 1 amide bonds. The molecule has 1 aromatic carbocycles. The van der Waals surface area contributed by atoms with E-state index in [0.717, 1.165) is 31.3 Å². The molecule has 2 bridgehead atoms. The maximum absolute atomic E-state index is 13.1. The van der Waals surface area contributed by atoms with Gasteiger partial charge in [0.2, 0.25) is 0 Å². The first-order valence-electron chi connectivity index (χ1n) is 12.8. The maximum atomic E-state index is 13.1. The lowest BCUT2D eigenvalue weighted by atomic mass is 10.1. The van der Waals surface area contributed by atoms with Gasteiger partial charge in [0.25, 0.3) is 5.91 Å². The number of rotatable bonds is 10. The topological polar surface area (TPSA) is 88.4 Å². The van der Waals surface area contributed by atoms with Crippen molar-refractivity contribution in [3.63, 3.8) is 0 Å². The summed E-state index contributed by atoms with van der Waals surface area (Å²) in [4.78, 5) is 26.5. The number of anilines is 2. The minimum Gasteiger partial charge on any atom is -0.360 e. The molecule has 3 aromatic rings. The largest absolute Gasteiger partial charge is 0.360 e. The number of piperazine rings is 1. The molecule has 2 aliphatic heterocycles. The van der Waals surface area contributed by atoms with Crippen LogP contribution in [-0.4, -0.2) is 75.3 Å². The van der Waals surface area contributed by atoms with Crippen LogP contribution in [0.4, 0.5) is 11.6 Å². The first-order valence-corrected chi connectivity index (χ1v) is 17.3. The molecular weight excluding hydrogens is 541 g/mol. The minimum absolute atomic E-state index is 0.0588. The number of halogens is 2. The quantitative estimate of drug-likeness (QED) is 0.265. The second-order valence-corrected chi connectivity index (χ2v) is 17.5. The molecular formula is C26H33Cl2N7O2Si. The van der Waals surface area contributed by atoms with E-state index in [-0.39, 0.29) is 18.0 Å². The Kier molecular flexibility index (Phi) is 8.06. The predicted octanol–water partition coefficient (Wildman–Crippen LogP) is 5.13. The van der Waals surface area contributed by atoms with Gasteiger partial charge in [0.05, 0.1) is 27.5 Å². The van der Waals surface area contributed by atoms with Crippen molar-refractivity contribution >= 4 is 48.8 Å². The normalized spacial score (nSPS) is 19.3. The van der Waals surface area contributed by atoms with Gasteiger partial charge in [-0.3, -0.25) is 14.7 Å². The van der Waals surface area contributed by atoms with E-state index in [1.54, 1.807) is 35.3 Å². The third kappa shape index (κ3) is 6.37. The Morgan fingerprint density at radius 1 is 1.13 bits per heavy atom. The van der Waals surface area contributed by atoms with Crippen molar-refractivity contribution in [2.75, 3.05) is 25.0 Å². The van der Waals surface area contributed by atoms with Crippen LogP contribution in [0.3, 0.4) is 0 Å². The Bertz CT molecular complexity index is 1300. The summed E-state index contributed by atoms with van der Waals surface area (Å²) >= 11 is 12.4. The van der Waals surface area contributed by atoms with Gasteiger partial charge < -0.3 is 15.0 Å². The second kappa shape index (κ2) is 11.3. The van der Waals surface area contributed by atoms with Crippen molar-refractivity contribution in [1.29, 1.82) is 0 Å². The van der Waals surface area contributed by atoms with Gasteiger partial charge in [-0.2, -0.15) is 5.10 Å². The summed E-state index contributed by atoms with van der Waals surface area (Å²) in [6, 6.07) is 8.64. The van der Waals surface area contributed by atoms with E-state index in [1.807, 2.05) is 17.2 Å². The first-order chi connectivity index (χ1) is 18.2. The summed E-state index contributed by atoms with van der Waals surface area (Å²) in [6.07, 6.45) is 6.31. The molecule has 9 nitrogen and oxygen atoms in total. The third-order valence-electron chi connectivity index (χ3n) is 6.96. The first kappa shape index (κ1) is 27.1. The molecule has 1 N–H and O–H groups in total. The fraction of sp³-hybridized carbons (Fsp3) is 0.462. The molecule has 2 atom stereocenters. The van der Waals surface area contributed by atoms with Crippen LogP contribution < -0.4 is 5.32 Å². The molecule has 2 saturated heterocycles. The summed E-state index contributed by atoms with van der Waals surface area (Å²) in [7, 11) is -1.10. The number of nitrogens with one attached hydrogen (secondary N) is 1. The number of amides is 1. The molecule has 0 spiro atoms. The lowest BCUT2D eigenvalue weighted by Gasteiger charge is -2.34. The fourth-order valence-electron chi connectivity index (χ4n) is 4.93. The molecule has 12 heteroatoms. The van der Waals surface area contributed by atoms with Crippen molar-refractivity contribution in [2.45, 2.75) is 57.5 Å². The van der Waals surface area contributed by atoms with Crippen LogP contribution in [0.2, 0.25) is 35.7 Å². The molecule has 38 heavy (non-hydrogen) atoms.